The zero-order chi connectivity index (χ0) is 73.1. The highest BCUT2D eigenvalue weighted by atomic mass is 16.4. The van der Waals surface area contributed by atoms with Crippen molar-refractivity contribution in [1.29, 1.82) is 0 Å². The van der Waals surface area contributed by atoms with Crippen molar-refractivity contribution in [3.63, 3.8) is 0 Å². The topological polar surface area (TPSA) is 139 Å². The molecular weight excluding hydrogens is 1350 g/mol. The molecule has 0 atom stereocenters. The molecule has 2 aliphatic carbocycles. The van der Waals surface area contributed by atoms with Crippen molar-refractivity contribution in [2.24, 2.45) is 0 Å². The van der Waals surface area contributed by atoms with Gasteiger partial charge in [0.05, 0.1) is 22.1 Å². The highest BCUT2D eigenvalue weighted by Gasteiger charge is 2.39. The van der Waals surface area contributed by atoms with E-state index in [4.69, 9.17) is 48.7 Å². The van der Waals surface area contributed by atoms with Gasteiger partial charge in [0.1, 0.15) is 11.0 Å². The van der Waals surface area contributed by atoms with Crippen LogP contribution >= 0.6 is 0 Å². The number of hydrogen-bond acceptors (Lipinski definition) is 10. The van der Waals surface area contributed by atoms with Crippen molar-refractivity contribution in [2.45, 2.75) is 38.5 Å². The maximum atomic E-state index is 6.42. The quantitative estimate of drug-likeness (QED) is 0.123. The fourth-order valence-corrected chi connectivity index (χ4v) is 17.1. The lowest BCUT2D eigenvalue weighted by Crippen LogP contribution is -2.15. The van der Waals surface area contributed by atoms with Crippen LogP contribution in [-0.4, -0.2) is 49.0 Å². The van der Waals surface area contributed by atoms with E-state index in [2.05, 4.69) is 273 Å². The van der Waals surface area contributed by atoms with Crippen LogP contribution in [0.25, 0.3) is 202 Å². The Kier molecular flexibility index (Phi) is 13.8. The fraction of sp³-hybridized carbons (Fsp3) is 0.0612. The number of rotatable bonds is 11. The van der Waals surface area contributed by atoms with Gasteiger partial charge in [0.25, 0.3) is 0 Å². The van der Waals surface area contributed by atoms with E-state index < -0.39 is 0 Å². The minimum Gasteiger partial charge on any atom is -0.436 e. The summed E-state index contributed by atoms with van der Waals surface area (Å²) in [6.45, 7) is 9.21. The number of aromatic nitrogens is 10. The van der Waals surface area contributed by atoms with E-state index in [9.17, 15) is 0 Å². The summed E-state index contributed by atoms with van der Waals surface area (Å²) >= 11 is 0. The molecule has 0 saturated heterocycles. The Labute approximate surface area is 632 Å². The Hall–Kier alpha value is -14.4. The first kappa shape index (κ1) is 63.0. The summed E-state index contributed by atoms with van der Waals surface area (Å²) in [5.41, 5.74) is 28.2. The standard InChI is InChI=1S/C98H64N10O2/c1-97(2)77-51-65(42-45-69(77)74-53-81-87(55-79(74)97)109-93(99-81)60-24-10-6-11-25-60)57-38-40-59(41-39-57)90-101-89(58-22-8-5-9-23-58)103-95(104-90)108-85-37-19-16-34-73(85)76-50-64(44-47-86(76)108)62-28-20-30-67(48-62)91-102-92(106-96(105-91)107-83-35-17-14-32-71(83)72-33-15-18-36-84(72)107)68-31-21-29-63(49-68)66-43-46-70-75-54-82-88(56-80(75)98(3,4)78(70)52-66)110-94(100-82)61-26-12-7-13-27-61/h5-56H,1-4H3. The molecule has 20 aromatic rings. The lowest BCUT2D eigenvalue weighted by atomic mass is 9.81. The minimum absolute atomic E-state index is 0.272. The summed E-state index contributed by atoms with van der Waals surface area (Å²) < 4.78 is 17.2. The lowest BCUT2D eigenvalue weighted by molar-refractivity contribution is 0.614. The number of benzene rings is 14. The third-order valence-electron chi connectivity index (χ3n) is 22.7. The van der Waals surface area contributed by atoms with E-state index in [1.54, 1.807) is 0 Å². The van der Waals surface area contributed by atoms with Gasteiger partial charge in [-0.2, -0.15) is 19.9 Å². The third-order valence-corrected chi connectivity index (χ3v) is 22.7. The molecule has 0 N–H and O–H groups in total. The number of hydrogen-bond donors (Lipinski definition) is 0. The minimum atomic E-state index is -0.307. The number of nitrogens with zero attached hydrogens (tertiary/aromatic N) is 10. The summed E-state index contributed by atoms with van der Waals surface area (Å²) in [5, 5.41) is 4.35. The Morgan fingerprint density at radius 2 is 0.555 bits per heavy atom. The van der Waals surface area contributed by atoms with Gasteiger partial charge in [-0.25, -0.2) is 19.9 Å². The van der Waals surface area contributed by atoms with E-state index in [1.165, 1.54) is 44.5 Å². The van der Waals surface area contributed by atoms with Crippen LogP contribution in [0.1, 0.15) is 49.9 Å². The number of para-hydroxylation sites is 3. The predicted molar refractivity (Wildman–Crippen MR) is 441 cm³/mol. The second kappa shape index (κ2) is 24.1. The molecule has 0 spiro atoms. The average Bonchev–Trinajstić information content (AvgIpc) is 1.57. The van der Waals surface area contributed by atoms with Crippen LogP contribution in [0.15, 0.2) is 324 Å². The molecule has 6 aromatic heterocycles. The van der Waals surface area contributed by atoms with Crippen molar-refractivity contribution >= 4 is 65.8 Å². The van der Waals surface area contributed by atoms with Crippen molar-refractivity contribution in [3.8, 4) is 136 Å². The van der Waals surface area contributed by atoms with Gasteiger partial charge in [0, 0.05) is 65.8 Å². The van der Waals surface area contributed by atoms with E-state index >= 15 is 0 Å². The van der Waals surface area contributed by atoms with Gasteiger partial charge in [-0.05, 0) is 181 Å². The zero-order valence-electron chi connectivity index (χ0n) is 60.3. The maximum Gasteiger partial charge on any atom is 0.238 e. The van der Waals surface area contributed by atoms with Gasteiger partial charge in [-0.15, -0.1) is 0 Å². The summed E-state index contributed by atoms with van der Waals surface area (Å²) in [6, 6.07) is 111. The molecule has 2 aliphatic rings. The van der Waals surface area contributed by atoms with Gasteiger partial charge < -0.3 is 8.83 Å². The van der Waals surface area contributed by atoms with Gasteiger partial charge in [0.2, 0.25) is 23.7 Å². The molecule has 22 rings (SSSR count). The molecule has 0 amide bonds. The molecule has 12 heteroatoms. The highest BCUT2D eigenvalue weighted by molar-refractivity contribution is 6.11. The number of oxazole rings is 2. The Morgan fingerprint density at radius 3 is 1.03 bits per heavy atom. The molecular formula is C98H64N10O2. The average molecular weight is 1410 g/mol. The first-order valence-electron chi connectivity index (χ1n) is 37.2. The fourth-order valence-electron chi connectivity index (χ4n) is 17.1. The predicted octanol–water partition coefficient (Wildman–Crippen LogP) is 24.1. The summed E-state index contributed by atoms with van der Waals surface area (Å²) in [4.78, 5) is 42.1. The van der Waals surface area contributed by atoms with Crippen molar-refractivity contribution in [2.75, 3.05) is 0 Å². The molecule has 0 fully saturated rings. The summed E-state index contributed by atoms with van der Waals surface area (Å²) in [5.74, 6) is 4.54. The first-order valence-corrected chi connectivity index (χ1v) is 37.2. The van der Waals surface area contributed by atoms with Gasteiger partial charge in [-0.3, -0.25) is 9.13 Å². The van der Waals surface area contributed by atoms with E-state index in [-0.39, 0.29) is 10.8 Å². The first-order chi connectivity index (χ1) is 53.9. The van der Waals surface area contributed by atoms with Crippen molar-refractivity contribution in [1.82, 2.24) is 49.0 Å². The van der Waals surface area contributed by atoms with Crippen LogP contribution in [0, 0.1) is 0 Å². The second-order valence-corrected chi connectivity index (χ2v) is 29.9. The zero-order valence-corrected chi connectivity index (χ0v) is 60.3. The molecule has 14 aromatic carbocycles. The molecule has 6 heterocycles. The third kappa shape index (κ3) is 9.99. The number of fused-ring (bicyclic) bond motifs is 14. The molecule has 0 bridgehead atoms. The van der Waals surface area contributed by atoms with Crippen LogP contribution in [0.3, 0.4) is 0 Å². The highest BCUT2D eigenvalue weighted by Crippen LogP contribution is 2.53. The van der Waals surface area contributed by atoms with Crippen LogP contribution in [0.4, 0.5) is 0 Å². The van der Waals surface area contributed by atoms with Gasteiger partial charge in [-0.1, -0.05) is 240 Å². The Bertz CT molecular complexity index is 7160. The molecule has 0 aliphatic heterocycles. The van der Waals surface area contributed by atoms with Crippen LogP contribution in [-0.2, 0) is 10.8 Å². The van der Waals surface area contributed by atoms with Crippen LogP contribution in [0.5, 0.6) is 0 Å². The van der Waals surface area contributed by atoms with Crippen molar-refractivity contribution < 1.29 is 8.83 Å². The maximum absolute atomic E-state index is 6.42. The molecule has 12 nitrogen and oxygen atoms in total. The van der Waals surface area contributed by atoms with E-state index in [0.717, 1.165) is 133 Å². The van der Waals surface area contributed by atoms with E-state index in [0.29, 0.717) is 47.0 Å². The lowest BCUT2D eigenvalue weighted by Gasteiger charge is -2.22. The van der Waals surface area contributed by atoms with Gasteiger partial charge in [0.15, 0.2) is 34.5 Å². The van der Waals surface area contributed by atoms with E-state index in [1.807, 2.05) is 78.9 Å². The monoisotopic (exact) mass is 1410 g/mol. The molecule has 518 valence electrons. The Morgan fingerprint density at radius 1 is 0.227 bits per heavy atom. The molecule has 0 unspecified atom stereocenters. The molecule has 0 radical (unpaired) electrons. The van der Waals surface area contributed by atoms with Crippen LogP contribution in [0.2, 0.25) is 0 Å². The smallest absolute Gasteiger partial charge is 0.238 e. The van der Waals surface area contributed by atoms with Crippen LogP contribution < -0.4 is 0 Å². The normalized spacial score (nSPS) is 13.2. The van der Waals surface area contributed by atoms with Gasteiger partial charge >= 0.3 is 0 Å². The summed E-state index contributed by atoms with van der Waals surface area (Å²) in [6.07, 6.45) is 0. The summed E-state index contributed by atoms with van der Waals surface area (Å²) in [7, 11) is 0. The van der Waals surface area contributed by atoms with Crippen molar-refractivity contribution in [3.05, 3.63) is 338 Å². The Balaban J connectivity index is 0.611. The molecule has 0 saturated carbocycles. The second-order valence-electron chi connectivity index (χ2n) is 29.9. The SMILES string of the molecule is CC1(C)c2cc(-c3ccc(-c4nc(-c5ccccc5)nc(-n5c6ccccc6c6cc(-c7cccc(-c8nc(-c9cccc(-c%10ccc%11c(c%10)C(C)(C)c%10cc%12oc(-c%13ccccc%13)nc%12cc%10-%11)c9)nc(-n9c%10ccccc%10c%10ccccc%109)n8)c7)ccc65)n4)cc3)ccc2-c2cc3nc(-c4ccccc4)oc3cc21. The largest absolute Gasteiger partial charge is 0.436 e. The molecule has 110 heavy (non-hydrogen) atoms.